The smallest absolute Gasteiger partial charge is 0.261 e. The molecule has 2 aliphatic heterocycles. The van der Waals surface area contributed by atoms with Crippen LogP contribution in [0.4, 0.5) is 0 Å². The van der Waals surface area contributed by atoms with E-state index in [1.54, 1.807) is 55.3 Å². The molecule has 12 rings (SSSR count). The van der Waals surface area contributed by atoms with Gasteiger partial charge < -0.3 is 9.80 Å². The van der Waals surface area contributed by atoms with Gasteiger partial charge in [-0.1, -0.05) is 78.7 Å². The van der Waals surface area contributed by atoms with Crippen molar-refractivity contribution in [3.63, 3.8) is 0 Å². The van der Waals surface area contributed by atoms with E-state index in [4.69, 9.17) is 33.4 Å². The van der Waals surface area contributed by atoms with Crippen LogP contribution in [-0.2, 0) is 45.2 Å². The van der Waals surface area contributed by atoms with Crippen LogP contribution in [0.5, 0.6) is 0 Å². The number of hydrogen-bond donors (Lipinski definition) is 2. The average Bonchev–Trinajstić information content (AvgIpc) is 2.86. The van der Waals surface area contributed by atoms with E-state index in [0.29, 0.717) is 107 Å². The fourth-order valence-electron chi connectivity index (χ4n) is 11.7. The highest BCUT2D eigenvalue weighted by atomic mass is 79.9. The standard InChI is InChI=1S/C60H56Br2Cl2N14O4/c1-31(2)21-40-27-65-77-51-29-73(57(79)38-12-18-46(61)48(63)25-38)33(4)23-44(51)59(81)75(55(40)77)43-16-10-37(11-17-43)54-50(68-72-70-54)20-7-32(3)22-41-28-66-78-52-30-74(58(80)39-13-19-47(62)49(64)26-39)34(5)24-45(52)60(82)76(56(41)78)42-14-8-36(9-15-42)53-35(6)67-71-69-53/h8-19,25-28,31-34H,7,20-24,29-30H2,1-6H3,(H,67,69,71)(H,68,70,72)/t32?,33-,34+/m1/s1. The van der Waals surface area contributed by atoms with Crippen LogP contribution in [-0.4, -0.2) is 92.9 Å². The molecule has 0 saturated carbocycles. The first kappa shape index (κ1) is 55.0. The Morgan fingerprint density at radius 2 is 1.11 bits per heavy atom. The fourth-order valence-corrected chi connectivity index (χ4v) is 12.6. The van der Waals surface area contributed by atoms with Gasteiger partial charge in [0.15, 0.2) is 0 Å². The summed E-state index contributed by atoms with van der Waals surface area (Å²) >= 11 is 19.7. The fraction of sp³-hybridized carbons (Fsp3) is 0.300. The third-order valence-electron chi connectivity index (χ3n) is 16.0. The molecule has 18 nitrogen and oxygen atoms in total. The molecule has 418 valence electrons. The van der Waals surface area contributed by atoms with Gasteiger partial charge in [-0.2, -0.15) is 10.2 Å². The normalized spacial score (nSPS) is 15.6. The Morgan fingerprint density at radius 3 is 1.57 bits per heavy atom. The molecular weight excluding hydrogens is 1210 g/mol. The summed E-state index contributed by atoms with van der Waals surface area (Å²) in [6.45, 7) is 12.6. The van der Waals surface area contributed by atoms with Crippen molar-refractivity contribution in [2.45, 2.75) is 105 Å². The lowest BCUT2D eigenvalue weighted by molar-refractivity contribution is 0.0643. The Kier molecular flexibility index (Phi) is 14.8. The maximum atomic E-state index is 15.0. The highest BCUT2D eigenvalue weighted by Gasteiger charge is 2.36. The summed E-state index contributed by atoms with van der Waals surface area (Å²) in [5.74, 6) is 0.0250. The lowest BCUT2D eigenvalue weighted by Gasteiger charge is -2.35. The zero-order chi connectivity index (χ0) is 57.4. The molecule has 0 saturated heterocycles. The summed E-state index contributed by atoms with van der Waals surface area (Å²) in [4.78, 5) is 61.7. The lowest BCUT2D eigenvalue weighted by Crippen LogP contribution is -2.46. The van der Waals surface area contributed by atoms with Gasteiger partial charge in [0.05, 0.1) is 81.1 Å². The number of H-pyrrole nitrogens is 2. The molecule has 10 aromatic rings. The van der Waals surface area contributed by atoms with Crippen molar-refractivity contribution in [2.24, 2.45) is 11.8 Å². The molecule has 6 aromatic heterocycles. The summed E-state index contributed by atoms with van der Waals surface area (Å²) in [6, 6.07) is 25.4. The van der Waals surface area contributed by atoms with Gasteiger partial charge >= 0.3 is 0 Å². The maximum absolute atomic E-state index is 15.0. The molecule has 4 aromatic carbocycles. The number of aromatic amines is 2. The van der Waals surface area contributed by atoms with Gasteiger partial charge in [0.25, 0.3) is 22.9 Å². The number of carbonyl (C=O) groups excluding carboxylic acids is 2. The zero-order valence-corrected chi connectivity index (χ0v) is 50.4. The van der Waals surface area contributed by atoms with Crippen LogP contribution >= 0.6 is 55.1 Å². The summed E-state index contributed by atoms with van der Waals surface area (Å²) in [5.41, 5.74) is 12.5. The average molecular weight is 1270 g/mol. The first-order valence-corrected chi connectivity index (χ1v) is 29.6. The first-order valence-electron chi connectivity index (χ1n) is 27.2. The van der Waals surface area contributed by atoms with Crippen molar-refractivity contribution >= 4 is 78.2 Å². The number of benzene rings is 4. The van der Waals surface area contributed by atoms with Crippen molar-refractivity contribution in [3.05, 3.63) is 193 Å². The van der Waals surface area contributed by atoms with Gasteiger partial charge in [0.2, 0.25) is 0 Å². The Morgan fingerprint density at radius 1 is 0.646 bits per heavy atom. The molecular formula is C60H56Br2Cl2N14O4. The van der Waals surface area contributed by atoms with Gasteiger partial charge in [-0.05, 0) is 164 Å². The minimum atomic E-state index is -0.286. The van der Waals surface area contributed by atoms with Crippen molar-refractivity contribution in [1.29, 1.82) is 0 Å². The van der Waals surface area contributed by atoms with Crippen LogP contribution in [0, 0.1) is 18.8 Å². The molecule has 0 radical (unpaired) electrons. The quantitative estimate of drug-likeness (QED) is 0.112. The minimum absolute atomic E-state index is 0.0964. The second-order valence-electron chi connectivity index (χ2n) is 22.1. The van der Waals surface area contributed by atoms with Gasteiger partial charge in [-0.25, -0.2) is 9.03 Å². The molecule has 82 heavy (non-hydrogen) atoms. The topological polar surface area (TPSA) is 202 Å². The Hall–Kier alpha value is -7.52. The molecule has 0 aliphatic carbocycles. The second-order valence-corrected chi connectivity index (χ2v) is 24.6. The van der Waals surface area contributed by atoms with Gasteiger partial charge in [0, 0.05) is 65.5 Å². The lowest BCUT2D eigenvalue weighted by atomic mass is 9.95. The van der Waals surface area contributed by atoms with Crippen molar-refractivity contribution in [3.8, 4) is 33.9 Å². The van der Waals surface area contributed by atoms with E-state index in [9.17, 15) is 14.4 Å². The molecule has 1 unspecified atom stereocenters. The number of aryl methyl sites for hydroxylation is 2. The number of rotatable bonds is 13. The number of halogens is 4. The predicted octanol–water partition coefficient (Wildman–Crippen LogP) is 11.2. The van der Waals surface area contributed by atoms with Crippen LogP contribution in [0.1, 0.15) is 107 Å². The summed E-state index contributed by atoms with van der Waals surface area (Å²) < 4.78 is 8.61. The highest BCUT2D eigenvalue weighted by molar-refractivity contribution is 9.10. The van der Waals surface area contributed by atoms with E-state index < -0.39 is 0 Å². The Labute approximate surface area is 497 Å². The van der Waals surface area contributed by atoms with E-state index in [2.05, 4.69) is 83.5 Å². The first-order chi connectivity index (χ1) is 39.4. The molecule has 22 heteroatoms. The second kappa shape index (κ2) is 22.0. The van der Waals surface area contributed by atoms with Gasteiger partial charge in [0.1, 0.15) is 11.3 Å². The van der Waals surface area contributed by atoms with Gasteiger partial charge in [-0.15, -0.1) is 10.2 Å². The Balaban J connectivity index is 0.825. The van der Waals surface area contributed by atoms with E-state index in [-0.39, 0.29) is 59.9 Å². The van der Waals surface area contributed by atoms with Crippen LogP contribution in [0.15, 0.2) is 116 Å². The van der Waals surface area contributed by atoms with E-state index in [0.717, 1.165) is 51.5 Å². The largest absolute Gasteiger partial charge is 0.330 e. The summed E-state index contributed by atoms with van der Waals surface area (Å²) in [6.07, 6.45) is 6.97. The number of carbonyl (C=O) groups is 2. The molecule has 0 fully saturated rings. The van der Waals surface area contributed by atoms with Crippen LogP contribution in [0.25, 0.3) is 45.2 Å². The third-order valence-corrected chi connectivity index (χ3v) is 18.5. The molecule has 2 N–H and O–H groups in total. The molecule has 8 heterocycles. The molecule has 2 aliphatic rings. The number of fused-ring (bicyclic) bond motifs is 6. The van der Waals surface area contributed by atoms with E-state index in [1.807, 2.05) is 90.7 Å². The van der Waals surface area contributed by atoms with E-state index >= 15 is 4.79 Å². The van der Waals surface area contributed by atoms with Crippen molar-refractivity contribution in [1.82, 2.24) is 69.0 Å². The molecule has 3 atom stereocenters. The van der Waals surface area contributed by atoms with Crippen molar-refractivity contribution < 1.29 is 9.59 Å². The number of nitrogens with one attached hydrogen (secondary N) is 2. The molecule has 0 bridgehead atoms. The van der Waals surface area contributed by atoms with Crippen LogP contribution in [0.3, 0.4) is 0 Å². The highest BCUT2D eigenvalue weighted by Crippen LogP contribution is 2.34. The summed E-state index contributed by atoms with van der Waals surface area (Å²) in [5, 5.41) is 33.8. The SMILES string of the molecule is Cc1nn[nH]c1-c1ccc(-n2c(=O)c3c(n4ncc(CC(C)CCc5nn[nH]c5-c5ccc(-n6c(=O)c7c(n8ncc(CC(C)C)c68)CN(C(=O)c6ccc(Br)c(Cl)c6)[C@H](C)C7)cc5)c24)CN(C(=O)c2ccc(Br)c(Cl)c2)[C@@H](C)C3)cc1. The molecule has 0 spiro atoms. The monoisotopic (exact) mass is 1260 g/mol. The maximum Gasteiger partial charge on any atom is 0.261 e. The van der Waals surface area contributed by atoms with Crippen LogP contribution in [0.2, 0.25) is 10.0 Å². The van der Waals surface area contributed by atoms with E-state index in [1.165, 1.54) is 0 Å². The van der Waals surface area contributed by atoms with Gasteiger partial charge in [-0.3, -0.25) is 38.5 Å². The number of amides is 2. The minimum Gasteiger partial charge on any atom is -0.330 e. The third kappa shape index (κ3) is 9.89. The van der Waals surface area contributed by atoms with Crippen LogP contribution < -0.4 is 11.1 Å². The Bertz CT molecular complexity index is 4290. The van der Waals surface area contributed by atoms with Crippen molar-refractivity contribution in [2.75, 3.05) is 0 Å². The number of nitrogens with zero attached hydrogens (tertiary/aromatic N) is 12. The number of aromatic nitrogens is 12. The predicted molar refractivity (Wildman–Crippen MR) is 321 cm³/mol. The number of hydrogen-bond acceptors (Lipinski definition) is 10. The summed E-state index contributed by atoms with van der Waals surface area (Å²) in [7, 11) is 0. The zero-order valence-electron chi connectivity index (χ0n) is 45.7. The molecule has 2 amide bonds.